The van der Waals surface area contributed by atoms with Gasteiger partial charge < -0.3 is 0 Å². The zero-order chi connectivity index (χ0) is 23.2. The first kappa shape index (κ1) is 21.3. The maximum Gasteiger partial charge on any atom is 0.266 e. The summed E-state index contributed by atoms with van der Waals surface area (Å²) in [7, 11) is -2.16. The Morgan fingerprint density at radius 2 is 1.67 bits per heavy atom. The molecule has 0 bridgehead atoms. The number of aryl methyl sites for hydroxylation is 3. The molecule has 2 heterocycles. The molecule has 8 heteroatoms. The molecule has 1 aliphatic carbocycles. The van der Waals surface area contributed by atoms with Crippen LogP contribution in [0.15, 0.2) is 71.9 Å². The van der Waals surface area contributed by atoms with E-state index in [4.69, 9.17) is 4.98 Å². The van der Waals surface area contributed by atoms with Crippen molar-refractivity contribution in [1.29, 1.82) is 0 Å². The Labute approximate surface area is 193 Å². The van der Waals surface area contributed by atoms with Crippen LogP contribution in [0.3, 0.4) is 0 Å². The van der Waals surface area contributed by atoms with Gasteiger partial charge in [-0.2, -0.15) is 5.10 Å². The molecule has 1 fully saturated rings. The smallest absolute Gasteiger partial charge is 0.266 e. The molecule has 0 atom stereocenters. The van der Waals surface area contributed by atoms with Crippen molar-refractivity contribution in [2.45, 2.75) is 37.0 Å². The predicted octanol–water partition coefficient (Wildman–Crippen LogP) is 4.37. The van der Waals surface area contributed by atoms with Gasteiger partial charge in [0, 0.05) is 30.3 Å². The van der Waals surface area contributed by atoms with Crippen molar-refractivity contribution < 1.29 is 8.42 Å². The second-order valence-electron chi connectivity index (χ2n) is 8.63. The van der Waals surface area contributed by atoms with E-state index in [1.807, 2.05) is 50.2 Å². The van der Waals surface area contributed by atoms with Gasteiger partial charge in [0.05, 0.1) is 11.9 Å². The van der Waals surface area contributed by atoms with Crippen LogP contribution in [0, 0.1) is 13.8 Å². The molecule has 0 aliphatic heterocycles. The molecule has 0 spiro atoms. The Morgan fingerprint density at radius 1 is 0.970 bits per heavy atom. The van der Waals surface area contributed by atoms with E-state index in [0.29, 0.717) is 5.82 Å². The first-order valence-corrected chi connectivity index (χ1v) is 12.3. The molecule has 4 aromatic rings. The van der Waals surface area contributed by atoms with Gasteiger partial charge >= 0.3 is 0 Å². The van der Waals surface area contributed by atoms with Crippen molar-refractivity contribution in [2.24, 2.45) is 7.05 Å². The Bertz CT molecular complexity index is 1420. The number of rotatable bonds is 6. The van der Waals surface area contributed by atoms with Gasteiger partial charge in [-0.25, -0.2) is 18.4 Å². The molecular formula is C25H25N5O2S. The minimum absolute atomic E-state index is 0.0861. The summed E-state index contributed by atoms with van der Waals surface area (Å²) in [6, 6.07) is 18.0. The van der Waals surface area contributed by atoms with Crippen molar-refractivity contribution in [2.75, 3.05) is 4.72 Å². The Hall–Kier alpha value is -3.52. The number of sulfonamides is 1. The molecule has 1 saturated carbocycles. The molecule has 0 amide bonds. The lowest BCUT2D eigenvalue weighted by Gasteiger charge is -2.19. The lowest BCUT2D eigenvalue weighted by atomic mass is 9.92. The second kappa shape index (κ2) is 7.81. The van der Waals surface area contributed by atoms with Crippen LogP contribution in [-0.2, 0) is 22.5 Å². The number of aromatic nitrogens is 4. The van der Waals surface area contributed by atoms with Crippen LogP contribution in [-0.4, -0.2) is 28.2 Å². The van der Waals surface area contributed by atoms with Gasteiger partial charge in [0.2, 0.25) is 0 Å². The largest absolute Gasteiger partial charge is 0.274 e. The van der Waals surface area contributed by atoms with Gasteiger partial charge in [-0.05, 0) is 43.4 Å². The molecule has 5 rings (SSSR count). The van der Waals surface area contributed by atoms with Crippen molar-refractivity contribution in [3.63, 3.8) is 0 Å². The van der Waals surface area contributed by atoms with Gasteiger partial charge in [-0.1, -0.05) is 48.5 Å². The highest BCUT2D eigenvalue weighted by atomic mass is 32.2. The molecule has 0 unspecified atom stereocenters. The van der Waals surface area contributed by atoms with E-state index in [1.54, 1.807) is 13.1 Å². The standard InChI is InChI=1S/C25H25N5O2S/c1-17-8-7-9-18(2)23(17)24-27-21(25(12-13-25)19-10-5-4-6-11-19)14-22(28-24)29-33(31,32)20-15-26-30(3)16-20/h4-11,14-16H,12-13H2,1-3H3,(H,27,28,29). The summed E-state index contributed by atoms with van der Waals surface area (Å²) in [5, 5.41) is 3.98. The fraction of sp³-hybridized carbons (Fsp3) is 0.240. The van der Waals surface area contributed by atoms with E-state index in [-0.39, 0.29) is 16.1 Å². The summed E-state index contributed by atoms with van der Waals surface area (Å²) >= 11 is 0. The van der Waals surface area contributed by atoms with E-state index < -0.39 is 10.0 Å². The van der Waals surface area contributed by atoms with Crippen molar-refractivity contribution in [1.82, 2.24) is 19.7 Å². The molecule has 2 aromatic carbocycles. The summed E-state index contributed by atoms with van der Waals surface area (Å²) in [5.74, 6) is 0.776. The monoisotopic (exact) mass is 459 g/mol. The summed E-state index contributed by atoms with van der Waals surface area (Å²) in [4.78, 5) is 9.72. The fourth-order valence-electron chi connectivity index (χ4n) is 4.33. The maximum atomic E-state index is 13.0. The predicted molar refractivity (Wildman–Crippen MR) is 127 cm³/mol. The van der Waals surface area contributed by atoms with Crippen molar-refractivity contribution in [3.8, 4) is 11.4 Å². The third kappa shape index (κ3) is 3.91. The van der Waals surface area contributed by atoms with Gasteiger partial charge in [0.25, 0.3) is 10.0 Å². The Morgan fingerprint density at radius 3 is 2.27 bits per heavy atom. The van der Waals surface area contributed by atoms with Gasteiger partial charge in [0.1, 0.15) is 10.7 Å². The molecule has 1 aliphatic rings. The zero-order valence-corrected chi connectivity index (χ0v) is 19.6. The Kier molecular flexibility index (Phi) is 5.05. The highest BCUT2D eigenvalue weighted by molar-refractivity contribution is 7.92. The molecule has 7 nitrogen and oxygen atoms in total. The quantitative estimate of drug-likeness (QED) is 0.462. The number of anilines is 1. The van der Waals surface area contributed by atoms with Crippen LogP contribution in [0.1, 0.15) is 35.2 Å². The lowest BCUT2D eigenvalue weighted by molar-refractivity contribution is 0.601. The molecule has 1 N–H and O–H groups in total. The first-order valence-electron chi connectivity index (χ1n) is 10.8. The van der Waals surface area contributed by atoms with Gasteiger partial charge in [-0.3, -0.25) is 9.40 Å². The summed E-state index contributed by atoms with van der Waals surface area (Å²) in [5.41, 5.74) is 4.77. The maximum absolute atomic E-state index is 13.0. The minimum atomic E-state index is -3.84. The zero-order valence-electron chi connectivity index (χ0n) is 18.8. The normalized spacial score (nSPS) is 14.8. The van der Waals surface area contributed by atoms with E-state index in [1.165, 1.54) is 22.6 Å². The summed E-state index contributed by atoms with van der Waals surface area (Å²) < 4.78 is 30.1. The van der Waals surface area contributed by atoms with Gasteiger partial charge in [0.15, 0.2) is 5.82 Å². The lowest BCUT2D eigenvalue weighted by Crippen LogP contribution is -2.17. The summed E-state index contributed by atoms with van der Waals surface area (Å²) in [6.07, 6.45) is 4.69. The number of nitrogens with one attached hydrogen (secondary N) is 1. The molecule has 2 aromatic heterocycles. The average molecular weight is 460 g/mol. The van der Waals surface area contributed by atoms with Crippen molar-refractivity contribution >= 4 is 15.8 Å². The van der Waals surface area contributed by atoms with Crippen LogP contribution < -0.4 is 4.72 Å². The molecule has 33 heavy (non-hydrogen) atoms. The van der Waals surface area contributed by atoms with E-state index in [9.17, 15) is 8.42 Å². The molecule has 0 saturated heterocycles. The van der Waals surface area contributed by atoms with Crippen LogP contribution >= 0.6 is 0 Å². The van der Waals surface area contributed by atoms with Crippen LogP contribution in [0.5, 0.6) is 0 Å². The molecular weight excluding hydrogens is 434 g/mol. The van der Waals surface area contributed by atoms with E-state index in [0.717, 1.165) is 35.2 Å². The highest BCUT2D eigenvalue weighted by Crippen LogP contribution is 2.53. The number of hydrogen-bond donors (Lipinski definition) is 1. The van der Waals surface area contributed by atoms with Gasteiger partial charge in [-0.15, -0.1) is 0 Å². The van der Waals surface area contributed by atoms with Crippen LogP contribution in [0.4, 0.5) is 5.82 Å². The van der Waals surface area contributed by atoms with E-state index >= 15 is 0 Å². The number of hydrogen-bond acceptors (Lipinski definition) is 5. The highest BCUT2D eigenvalue weighted by Gasteiger charge is 2.47. The fourth-order valence-corrected chi connectivity index (χ4v) is 5.31. The molecule has 0 radical (unpaired) electrons. The van der Waals surface area contributed by atoms with Crippen LogP contribution in [0.2, 0.25) is 0 Å². The topological polar surface area (TPSA) is 89.8 Å². The molecule has 168 valence electrons. The third-order valence-corrected chi connectivity index (χ3v) is 7.54. The SMILES string of the molecule is Cc1cccc(C)c1-c1nc(NS(=O)(=O)c2cnn(C)c2)cc(C2(c3ccccc3)CC2)n1. The van der Waals surface area contributed by atoms with E-state index in [2.05, 4.69) is 26.9 Å². The van der Waals surface area contributed by atoms with Crippen molar-refractivity contribution in [3.05, 3.63) is 89.4 Å². The second-order valence-corrected chi connectivity index (χ2v) is 10.3. The first-order chi connectivity index (χ1) is 15.8. The van der Waals surface area contributed by atoms with Crippen LogP contribution in [0.25, 0.3) is 11.4 Å². The Balaban J connectivity index is 1.66. The number of benzene rings is 2. The number of nitrogens with zero attached hydrogens (tertiary/aromatic N) is 4. The average Bonchev–Trinajstić information content (AvgIpc) is 3.48. The third-order valence-electron chi connectivity index (χ3n) is 6.23. The summed E-state index contributed by atoms with van der Waals surface area (Å²) in [6.45, 7) is 4.03. The minimum Gasteiger partial charge on any atom is -0.274 e.